The molecule has 1 aromatic heterocycles. The average Bonchev–Trinajstić information content (AvgIpc) is 2.25. The summed E-state index contributed by atoms with van der Waals surface area (Å²) in [6.07, 6.45) is -5.29. The first-order valence-corrected chi connectivity index (χ1v) is 5.55. The highest BCUT2D eigenvalue weighted by Crippen LogP contribution is 2.31. The predicted molar refractivity (Wildman–Crippen MR) is 64.1 cm³/mol. The summed E-state index contributed by atoms with van der Waals surface area (Å²) >= 11 is 0. The molecule has 0 spiro atoms. The molecule has 0 saturated heterocycles. The minimum atomic E-state index is -4.27. The number of nitrogens with zero attached hydrogens (tertiary/aromatic N) is 1. The summed E-state index contributed by atoms with van der Waals surface area (Å²) in [5.41, 5.74) is 7.50. The van der Waals surface area contributed by atoms with Gasteiger partial charge >= 0.3 is 6.18 Å². The summed E-state index contributed by atoms with van der Waals surface area (Å²) in [7, 11) is 0. The Labute approximate surface area is 103 Å². The zero-order valence-corrected chi connectivity index (χ0v) is 9.83. The maximum atomic E-state index is 12.4. The number of rotatable bonds is 2. The molecule has 2 rings (SSSR count). The smallest absolute Gasteiger partial charge is 0.324 e. The molecule has 2 nitrogen and oxygen atoms in total. The lowest BCUT2D eigenvalue weighted by Crippen LogP contribution is -2.20. The zero-order valence-electron chi connectivity index (χ0n) is 9.83. The third-order valence-corrected chi connectivity index (χ3v) is 2.73. The van der Waals surface area contributed by atoms with E-state index in [1.54, 1.807) is 37.3 Å². The van der Waals surface area contributed by atoms with Crippen LogP contribution in [0, 0.1) is 6.92 Å². The Bertz CT molecular complexity index is 564. The van der Waals surface area contributed by atoms with Crippen molar-refractivity contribution in [2.24, 2.45) is 5.73 Å². The van der Waals surface area contributed by atoms with E-state index in [9.17, 15) is 13.2 Å². The Hall–Kier alpha value is -1.62. The molecule has 18 heavy (non-hydrogen) atoms. The normalized spacial score (nSPS) is 13.8. The molecular formula is C13H13F3N2. The fourth-order valence-electron chi connectivity index (χ4n) is 2.01. The fraction of sp³-hybridized carbons (Fsp3) is 0.308. The molecule has 2 aromatic rings. The molecular weight excluding hydrogens is 241 g/mol. The summed E-state index contributed by atoms with van der Waals surface area (Å²) in [5.74, 6) is 0. The van der Waals surface area contributed by atoms with Gasteiger partial charge in [0, 0.05) is 17.1 Å². The lowest BCUT2D eigenvalue weighted by molar-refractivity contribution is -0.138. The largest absolute Gasteiger partial charge is 0.390 e. The number of aryl methyl sites for hydroxylation is 1. The second-order valence-corrected chi connectivity index (χ2v) is 4.30. The van der Waals surface area contributed by atoms with Gasteiger partial charge < -0.3 is 5.73 Å². The summed E-state index contributed by atoms with van der Waals surface area (Å²) < 4.78 is 37.2. The van der Waals surface area contributed by atoms with E-state index < -0.39 is 18.6 Å². The standard InChI is InChI=1S/C13H13F3N2/c1-8-6-10(11(17)7-13(14,15)16)9-4-2-3-5-12(9)18-8/h2-6,11H,7,17H2,1H3/t11-/m0/s1. The highest BCUT2D eigenvalue weighted by Gasteiger charge is 2.31. The molecule has 1 aromatic carbocycles. The van der Waals surface area contributed by atoms with E-state index in [1.165, 1.54) is 0 Å². The van der Waals surface area contributed by atoms with Crippen molar-refractivity contribution in [3.63, 3.8) is 0 Å². The quantitative estimate of drug-likeness (QED) is 0.890. The van der Waals surface area contributed by atoms with Crippen LogP contribution >= 0.6 is 0 Å². The predicted octanol–water partition coefficient (Wildman–Crippen LogP) is 3.50. The van der Waals surface area contributed by atoms with Crippen LogP contribution in [-0.2, 0) is 0 Å². The van der Waals surface area contributed by atoms with Gasteiger partial charge in [0.1, 0.15) is 0 Å². The van der Waals surface area contributed by atoms with Gasteiger partial charge in [-0.1, -0.05) is 18.2 Å². The van der Waals surface area contributed by atoms with Crippen LogP contribution in [-0.4, -0.2) is 11.2 Å². The fourth-order valence-corrected chi connectivity index (χ4v) is 2.01. The number of aromatic nitrogens is 1. The molecule has 5 heteroatoms. The Morgan fingerprint density at radius 2 is 1.94 bits per heavy atom. The van der Waals surface area contributed by atoms with E-state index in [0.29, 0.717) is 22.2 Å². The molecule has 0 fully saturated rings. The van der Waals surface area contributed by atoms with Crippen LogP contribution in [0.25, 0.3) is 10.9 Å². The van der Waals surface area contributed by atoms with Gasteiger partial charge in [0.15, 0.2) is 0 Å². The maximum Gasteiger partial charge on any atom is 0.390 e. The van der Waals surface area contributed by atoms with Crippen molar-refractivity contribution in [3.05, 3.63) is 41.6 Å². The van der Waals surface area contributed by atoms with Gasteiger partial charge in [-0.2, -0.15) is 13.2 Å². The number of nitrogens with two attached hydrogens (primary N) is 1. The second-order valence-electron chi connectivity index (χ2n) is 4.30. The van der Waals surface area contributed by atoms with Crippen molar-refractivity contribution >= 4 is 10.9 Å². The van der Waals surface area contributed by atoms with Crippen molar-refractivity contribution in [1.82, 2.24) is 4.98 Å². The highest BCUT2D eigenvalue weighted by atomic mass is 19.4. The number of para-hydroxylation sites is 1. The monoisotopic (exact) mass is 254 g/mol. The molecule has 0 aliphatic heterocycles. The van der Waals surface area contributed by atoms with Crippen LogP contribution < -0.4 is 5.73 Å². The van der Waals surface area contributed by atoms with Crippen LogP contribution in [0.5, 0.6) is 0 Å². The summed E-state index contributed by atoms with van der Waals surface area (Å²) in [4.78, 5) is 4.28. The van der Waals surface area contributed by atoms with Crippen molar-refractivity contribution in [2.75, 3.05) is 0 Å². The van der Waals surface area contributed by atoms with Crippen LogP contribution in [0.3, 0.4) is 0 Å². The molecule has 2 N–H and O–H groups in total. The lowest BCUT2D eigenvalue weighted by atomic mass is 9.99. The van der Waals surface area contributed by atoms with E-state index in [1.807, 2.05) is 0 Å². The summed E-state index contributed by atoms with van der Waals surface area (Å²) in [6, 6.07) is 7.64. The van der Waals surface area contributed by atoms with E-state index in [-0.39, 0.29) is 0 Å². The molecule has 0 radical (unpaired) electrons. The molecule has 0 amide bonds. The molecule has 0 aliphatic carbocycles. The van der Waals surface area contributed by atoms with Gasteiger partial charge in [0.05, 0.1) is 11.9 Å². The van der Waals surface area contributed by atoms with Gasteiger partial charge in [-0.05, 0) is 24.6 Å². The molecule has 0 aliphatic rings. The molecule has 96 valence electrons. The molecule has 1 heterocycles. The summed E-state index contributed by atoms with van der Waals surface area (Å²) in [6.45, 7) is 1.75. The molecule has 1 atom stereocenters. The SMILES string of the molecule is Cc1cc([C@@H](N)CC(F)(F)F)c2ccccc2n1. The van der Waals surface area contributed by atoms with Gasteiger partial charge in [-0.15, -0.1) is 0 Å². The van der Waals surface area contributed by atoms with Crippen molar-refractivity contribution in [3.8, 4) is 0 Å². The van der Waals surface area contributed by atoms with Crippen molar-refractivity contribution < 1.29 is 13.2 Å². The van der Waals surface area contributed by atoms with Crippen LogP contribution in [0.1, 0.15) is 23.7 Å². The van der Waals surface area contributed by atoms with Crippen LogP contribution in [0.2, 0.25) is 0 Å². The number of alkyl halides is 3. The molecule has 0 saturated carbocycles. The van der Waals surface area contributed by atoms with Crippen LogP contribution in [0.4, 0.5) is 13.2 Å². The first-order valence-electron chi connectivity index (χ1n) is 5.55. The van der Waals surface area contributed by atoms with Crippen molar-refractivity contribution in [1.29, 1.82) is 0 Å². The van der Waals surface area contributed by atoms with Crippen molar-refractivity contribution in [2.45, 2.75) is 25.6 Å². The Morgan fingerprint density at radius 1 is 1.28 bits per heavy atom. The average molecular weight is 254 g/mol. The van der Waals surface area contributed by atoms with E-state index in [0.717, 1.165) is 0 Å². The first kappa shape index (κ1) is 12.8. The number of benzene rings is 1. The van der Waals surface area contributed by atoms with Gasteiger partial charge in [0.2, 0.25) is 0 Å². The lowest BCUT2D eigenvalue weighted by Gasteiger charge is -2.17. The number of hydrogen-bond donors (Lipinski definition) is 1. The highest BCUT2D eigenvalue weighted by molar-refractivity contribution is 5.82. The molecule has 0 unspecified atom stereocenters. The minimum Gasteiger partial charge on any atom is -0.324 e. The first-order chi connectivity index (χ1) is 8.37. The van der Waals surface area contributed by atoms with Gasteiger partial charge in [-0.25, -0.2) is 0 Å². The Morgan fingerprint density at radius 3 is 2.61 bits per heavy atom. The zero-order chi connectivity index (χ0) is 13.3. The maximum absolute atomic E-state index is 12.4. The third kappa shape index (κ3) is 2.79. The number of pyridine rings is 1. The number of fused-ring (bicyclic) bond motifs is 1. The van der Waals surface area contributed by atoms with Gasteiger partial charge in [-0.3, -0.25) is 4.98 Å². The van der Waals surface area contributed by atoms with E-state index in [2.05, 4.69) is 4.98 Å². The van der Waals surface area contributed by atoms with Crippen LogP contribution in [0.15, 0.2) is 30.3 Å². The third-order valence-electron chi connectivity index (χ3n) is 2.73. The Balaban J connectivity index is 2.49. The van der Waals surface area contributed by atoms with E-state index >= 15 is 0 Å². The molecule has 0 bridgehead atoms. The number of halogens is 3. The van der Waals surface area contributed by atoms with E-state index in [4.69, 9.17) is 5.73 Å². The summed E-state index contributed by atoms with van der Waals surface area (Å²) in [5, 5.41) is 0.680. The Kier molecular flexibility index (Phi) is 3.26. The second kappa shape index (κ2) is 4.57. The van der Waals surface area contributed by atoms with Gasteiger partial charge in [0.25, 0.3) is 0 Å². The number of hydrogen-bond acceptors (Lipinski definition) is 2. The topological polar surface area (TPSA) is 38.9 Å². The minimum absolute atomic E-state index is 0.496.